The SMILES string of the molecule is CCN(CC(C)C)c1nc(N)nc(OC)n1. The number of hydrogen-bond acceptors (Lipinski definition) is 6. The Hall–Kier alpha value is -1.59. The smallest absolute Gasteiger partial charge is 0.322 e. The Morgan fingerprint density at radius 1 is 1.31 bits per heavy atom. The number of nitrogen functional groups attached to an aromatic ring is 1. The fourth-order valence-electron chi connectivity index (χ4n) is 1.39. The van der Waals surface area contributed by atoms with E-state index in [1.165, 1.54) is 7.11 Å². The highest BCUT2D eigenvalue weighted by Gasteiger charge is 2.12. The average Bonchev–Trinajstić information content (AvgIpc) is 2.24. The summed E-state index contributed by atoms with van der Waals surface area (Å²) in [5, 5.41) is 0. The molecule has 0 radical (unpaired) electrons. The fourth-order valence-corrected chi connectivity index (χ4v) is 1.39. The molecule has 0 saturated carbocycles. The molecule has 0 fully saturated rings. The van der Waals surface area contributed by atoms with Gasteiger partial charge in [0.15, 0.2) is 0 Å². The van der Waals surface area contributed by atoms with Gasteiger partial charge in [-0.05, 0) is 12.8 Å². The van der Waals surface area contributed by atoms with Crippen molar-refractivity contribution in [1.82, 2.24) is 15.0 Å². The number of anilines is 2. The Morgan fingerprint density at radius 2 is 2.00 bits per heavy atom. The molecule has 1 aromatic heterocycles. The molecule has 0 amide bonds. The molecule has 1 rings (SSSR count). The van der Waals surface area contributed by atoms with Gasteiger partial charge in [-0.3, -0.25) is 0 Å². The van der Waals surface area contributed by atoms with Crippen LogP contribution in [0.5, 0.6) is 6.01 Å². The van der Waals surface area contributed by atoms with Crippen molar-refractivity contribution in [2.75, 3.05) is 30.8 Å². The molecule has 1 aromatic rings. The van der Waals surface area contributed by atoms with Crippen molar-refractivity contribution in [3.8, 4) is 6.01 Å². The number of rotatable bonds is 5. The number of hydrogen-bond donors (Lipinski definition) is 1. The van der Waals surface area contributed by atoms with E-state index < -0.39 is 0 Å². The highest BCUT2D eigenvalue weighted by atomic mass is 16.5. The predicted molar refractivity (Wildman–Crippen MR) is 63.5 cm³/mol. The molecule has 0 spiro atoms. The van der Waals surface area contributed by atoms with E-state index in [4.69, 9.17) is 10.5 Å². The summed E-state index contributed by atoms with van der Waals surface area (Å²) in [6, 6.07) is 0.254. The molecule has 0 aliphatic carbocycles. The van der Waals surface area contributed by atoms with Gasteiger partial charge < -0.3 is 15.4 Å². The standard InChI is InChI=1S/C10H19N5O/c1-5-15(6-7(2)3)9-12-8(11)13-10(14-9)16-4/h7H,5-6H2,1-4H3,(H2,11,12,13,14). The molecule has 0 atom stereocenters. The third kappa shape index (κ3) is 3.22. The Bertz CT molecular complexity index is 342. The first-order chi connectivity index (χ1) is 7.56. The van der Waals surface area contributed by atoms with Crippen LogP contribution in [-0.4, -0.2) is 35.2 Å². The maximum absolute atomic E-state index is 5.59. The lowest BCUT2D eigenvalue weighted by molar-refractivity contribution is 0.378. The molecule has 2 N–H and O–H groups in total. The van der Waals surface area contributed by atoms with Gasteiger partial charge in [0, 0.05) is 13.1 Å². The molecule has 6 nitrogen and oxygen atoms in total. The molecule has 0 aromatic carbocycles. The quantitative estimate of drug-likeness (QED) is 0.803. The number of ether oxygens (including phenoxy) is 1. The van der Waals surface area contributed by atoms with E-state index in [-0.39, 0.29) is 12.0 Å². The second-order valence-corrected chi connectivity index (χ2v) is 3.91. The van der Waals surface area contributed by atoms with Gasteiger partial charge in [0.1, 0.15) is 0 Å². The van der Waals surface area contributed by atoms with Crippen molar-refractivity contribution >= 4 is 11.9 Å². The van der Waals surface area contributed by atoms with Crippen LogP contribution in [0.3, 0.4) is 0 Å². The van der Waals surface area contributed by atoms with E-state index in [0.717, 1.165) is 13.1 Å². The van der Waals surface area contributed by atoms with Crippen molar-refractivity contribution in [1.29, 1.82) is 0 Å². The van der Waals surface area contributed by atoms with E-state index in [9.17, 15) is 0 Å². The first-order valence-electron chi connectivity index (χ1n) is 5.37. The highest BCUT2D eigenvalue weighted by molar-refractivity contribution is 5.35. The molecular formula is C10H19N5O. The summed E-state index contributed by atoms with van der Waals surface area (Å²) in [7, 11) is 1.51. The summed E-state index contributed by atoms with van der Waals surface area (Å²) < 4.78 is 4.97. The molecular weight excluding hydrogens is 206 g/mol. The van der Waals surface area contributed by atoms with Gasteiger partial charge in [0.25, 0.3) is 0 Å². The predicted octanol–water partition coefficient (Wildman–Crippen LogP) is 0.945. The molecule has 1 heterocycles. The number of aromatic nitrogens is 3. The minimum absolute atomic E-state index is 0.184. The minimum atomic E-state index is 0.184. The van der Waals surface area contributed by atoms with Crippen molar-refractivity contribution < 1.29 is 4.74 Å². The Kier molecular flexibility index (Phi) is 4.28. The average molecular weight is 225 g/mol. The van der Waals surface area contributed by atoms with E-state index >= 15 is 0 Å². The lowest BCUT2D eigenvalue weighted by Crippen LogP contribution is -2.29. The van der Waals surface area contributed by atoms with Crippen LogP contribution < -0.4 is 15.4 Å². The topological polar surface area (TPSA) is 77.2 Å². The summed E-state index contributed by atoms with van der Waals surface area (Å²) >= 11 is 0. The van der Waals surface area contributed by atoms with Crippen LogP contribution in [0.15, 0.2) is 0 Å². The van der Waals surface area contributed by atoms with E-state index in [0.29, 0.717) is 11.9 Å². The van der Waals surface area contributed by atoms with Crippen LogP contribution in [-0.2, 0) is 0 Å². The third-order valence-electron chi connectivity index (χ3n) is 2.05. The zero-order valence-corrected chi connectivity index (χ0v) is 10.3. The molecule has 16 heavy (non-hydrogen) atoms. The number of methoxy groups -OCH3 is 1. The van der Waals surface area contributed by atoms with Crippen molar-refractivity contribution in [2.24, 2.45) is 5.92 Å². The Morgan fingerprint density at radius 3 is 2.50 bits per heavy atom. The summed E-state index contributed by atoms with van der Waals surface area (Å²) in [5.41, 5.74) is 5.59. The van der Waals surface area contributed by atoms with Crippen LogP contribution in [0.1, 0.15) is 20.8 Å². The normalized spacial score (nSPS) is 10.6. The van der Waals surface area contributed by atoms with Crippen LogP contribution in [0.25, 0.3) is 0 Å². The molecule has 0 aliphatic heterocycles. The molecule has 6 heteroatoms. The van der Waals surface area contributed by atoms with Gasteiger partial charge >= 0.3 is 6.01 Å². The lowest BCUT2D eigenvalue weighted by atomic mass is 10.2. The largest absolute Gasteiger partial charge is 0.467 e. The van der Waals surface area contributed by atoms with Crippen LogP contribution in [0.4, 0.5) is 11.9 Å². The van der Waals surface area contributed by atoms with Gasteiger partial charge in [-0.15, -0.1) is 0 Å². The van der Waals surface area contributed by atoms with Gasteiger partial charge in [-0.25, -0.2) is 0 Å². The summed E-state index contributed by atoms with van der Waals surface area (Å²) in [6.07, 6.45) is 0. The van der Waals surface area contributed by atoms with Gasteiger partial charge in [-0.1, -0.05) is 13.8 Å². The van der Waals surface area contributed by atoms with Crippen molar-refractivity contribution in [3.05, 3.63) is 0 Å². The first-order valence-corrected chi connectivity index (χ1v) is 5.37. The molecule has 90 valence electrons. The van der Waals surface area contributed by atoms with Crippen molar-refractivity contribution in [3.63, 3.8) is 0 Å². The highest BCUT2D eigenvalue weighted by Crippen LogP contribution is 2.14. The van der Waals surface area contributed by atoms with Crippen LogP contribution in [0, 0.1) is 5.92 Å². The lowest BCUT2D eigenvalue weighted by Gasteiger charge is -2.22. The second-order valence-electron chi connectivity index (χ2n) is 3.91. The van der Waals surface area contributed by atoms with Gasteiger partial charge in [0.2, 0.25) is 11.9 Å². The minimum Gasteiger partial charge on any atom is -0.467 e. The number of nitrogens with two attached hydrogens (primary N) is 1. The second kappa shape index (κ2) is 5.48. The zero-order valence-electron chi connectivity index (χ0n) is 10.3. The van der Waals surface area contributed by atoms with Gasteiger partial charge in [-0.2, -0.15) is 15.0 Å². The van der Waals surface area contributed by atoms with Gasteiger partial charge in [0.05, 0.1) is 7.11 Å². The van der Waals surface area contributed by atoms with Crippen LogP contribution in [0.2, 0.25) is 0 Å². The van der Waals surface area contributed by atoms with E-state index in [1.54, 1.807) is 0 Å². The fraction of sp³-hybridized carbons (Fsp3) is 0.700. The Balaban J connectivity index is 2.95. The third-order valence-corrected chi connectivity index (χ3v) is 2.05. The van der Waals surface area contributed by atoms with Crippen molar-refractivity contribution in [2.45, 2.75) is 20.8 Å². The summed E-state index contributed by atoms with van der Waals surface area (Å²) in [4.78, 5) is 14.2. The maximum atomic E-state index is 5.59. The number of nitrogens with zero attached hydrogens (tertiary/aromatic N) is 4. The molecule has 0 aliphatic rings. The van der Waals surface area contributed by atoms with E-state index in [1.807, 2.05) is 4.90 Å². The summed E-state index contributed by atoms with van der Waals surface area (Å²) in [6.45, 7) is 8.04. The first kappa shape index (κ1) is 12.5. The summed E-state index contributed by atoms with van der Waals surface area (Å²) in [5.74, 6) is 1.29. The van der Waals surface area contributed by atoms with Crippen LogP contribution >= 0.6 is 0 Å². The molecule has 0 saturated heterocycles. The molecule has 0 bridgehead atoms. The van der Waals surface area contributed by atoms with E-state index in [2.05, 4.69) is 35.7 Å². The monoisotopic (exact) mass is 225 g/mol. The Labute approximate surface area is 95.9 Å². The molecule has 0 unspecified atom stereocenters. The zero-order chi connectivity index (χ0) is 12.1. The maximum Gasteiger partial charge on any atom is 0.322 e.